The fourth-order valence-electron chi connectivity index (χ4n) is 4.32. The van der Waals surface area contributed by atoms with Crippen LogP contribution in [-0.2, 0) is 0 Å². The Bertz CT molecular complexity index is 1470. The average Bonchev–Trinajstić information content (AvgIpc) is 3.27. The van der Waals surface area contributed by atoms with E-state index in [2.05, 4.69) is 40.3 Å². The standard InChI is InChI=1S/C25H21N5O2/c1-13(2)20-21(17-8-9-26-27-11-17)19-10-18-12-28-30-22(18)14(3)23(19)29-24(20)15-4-6-16(7-5-15)25(31)32/h4-13H,1-3H3,(H,28,30)(H,31,32). The molecular formula is C25H21N5O2. The number of benzene rings is 2. The highest BCUT2D eigenvalue weighted by Crippen LogP contribution is 2.42. The normalized spacial score (nSPS) is 11.5. The van der Waals surface area contributed by atoms with Gasteiger partial charge in [0.15, 0.2) is 0 Å². The number of nitrogens with one attached hydrogen (secondary N) is 1. The summed E-state index contributed by atoms with van der Waals surface area (Å²) in [6.45, 7) is 6.31. The molecule has 0 aliphatic rings. The first-order chi connectivity index (χ1) is 15.5. The van der Waals surface area contributed by atoms with Crippen LogP contribution in [0.25, 0.3) is 44.2 Å². The number of nitrogens with zero attached hydrogens (tertiary/aromatic N) is 4. The summed E-state index contributed by atoms with van der Waals surface area (Å²) in [6.07, 6.45) is 5.28. The van der Waals surface area contributed by atoms with E-state index in [1.54, 1.807) is 24.5 Å². The van der Waals surface area contributed by atoms with Gasteiger partial charge < -0.3 is 5.11 Å². The monoisotopic (exact) mass is 423 g/mol. The maximum atomic E-state index is 11.3. The number of hydrogen-bond acceptors (Lipinski definition) is 5. The second kappa shape index (κ2) is 7.53. The molecule has 2 aromatic carbocycles. The molecule has 5 aromatic rings. The van der Waals surface area contributed by atoms with Gasteiger partial charge >= 0.3 is 5.97 Å². The van der Waals surface area contributed by atoms with Crippen molar-refractivity contribution < 1.29 is 9.90 Å². The van der Waals surface area contributed by atoms with Crippen LogP contribution in [0.5, 0.6) is 0 Å². The van der Waals surface area contributed by atoms with Crippen molar-refractivity contribution in [3.63, 3.8) is 0 Å². The molecule has 3 aromatic heterocycles. The highest BCUT2D eigenvalue weighted by Gasteiger charge is 2.22. The van der Waals surface area contributed by atoms with Gasteiger partial charge in [-0.2, -0.15) is 15.3 Å². The Kier molecular flexibility index (Phi) is 4.66. The summed E-state index contributed by atoms with van der Waals surface area (Å²) >= 11 is 0. The molecule has 7 heteroatoms. The van der Waals surface area contributed by atoms with E-state index in [0.29, 0.717) is 0 Å². The maximum Gasteiger partial charge on any atom is 0.335 e. The molecule has 0 bridgehead atoms. The van der Waals surface area contributed by atoms with Crippen molar-refractivity contribution in [1.29, 1.82) is 0 Å². The van der Waals surface area contributed by atoms with E-state index in [-0.39, 0.29) is 11.5 Å². The number of aromatic nitrogens is 5. The molecule has 0 radical (unpaired) electrons. The number of rotatable bonds is 4. The molecule has 0 amide bonds. The molecule has 7 nitrogen and oxygen atoms in total. The van der Waals surface area contributed by atoms with Crippen molar-refractivity contribution in [3.05, 3.63) is 71.7 Å². The first-order valence-corrected chi connectivity index (χ1v) is 10.4. The molecule has 0 spiro atoms. The minimum atomic E-state index is -0.951. The van der Waals surface area contributed by atoms with E-state index in [1.807, 2.05) is 31.3 Å². The second-order valence-corrected chi connectivity index (χ2v) is 8.15. The molecule has 0 aliphatic heterocycles. The first-order valence-electron chi connectivity index (χ1n) is 10.4. The van der Waals surface area contributed by atoms with Crippen LogP contribution in [0.3, 0.4) is 0 Å². The molecule has 5 rings (SSSR count). The van der Waals surface area contributed by atoms with Crippen molar-refractivity contribution in [2.75, 3.05) is 0 Å². The summed E-state index contributed by atoms with van der Waals surface area (Å²) in [5, 5.41) is 26.7. The van der Waals surface area contributed by atoms with E-state index in [9.17, 15) is 9.90 Å². The minimum Gasteiger partial charge on any atom is -0.478 e. The lowest BCUT2D eigenvalue weighted by molar-refractivity contribution is 0.0697. The minimum absolute atomic E-state index is 0.157. The zero-order valence-corrected chi connectivity index (χ0v) is 17.9. The van der Waals surface area contributed by atoms with Crippen molar-refractivity contribution in [3.8, 4) is 22.4 Å². The lowest BCUT2D eigenvalue weighted by Crippen LogP contribution is -2.03. The van der Waals surface area contributed by atoms with Crippen LogP contribution < -0.4 is 0 Å². The molecule has 0 fully saturated rings. The average molecular weight is 423 g/mol. The third-order valence-corrected chi connectivity index (χ3v) is 5.83. The largest absolute Gasteiger partial charge is 0.478 e. The number of H-pyrrole nitrogens is 1. The molecule has 0 atom stereocenters. The predicted molar refractivity (Wildman–Crippen MR) is 124 cm³/mol. The third kappa shape index (κ3) is 3.10. The van der Waals surface area contributed by atoms with E-state index in [1.165, 1.54) is 0 Å². The van der Waals surface area contributed by atoms with E-state index in [4.69, 9.17) is 4.98 Å². The van der Waals surface area contributed by atoms with Crippen molar-refractivity contribution in [1.82, 2.24) is 25.4 Å². The van der Waals surface area contributed by atoms with Crippen LogP contribution in [0.4, 0.5) is 0 Å². The Labute approximate surface area is 184 Å². The maximum absolute atomic E-state index is 11.3. The van der Waals surface area contributed by atoms with Gasteiger partial charge in [-0.15, -0.1) is 0 Å². The highest BCUT2D eigenvalue weighted by atomic mass is 16.4. The molecule has 3 heterocycles. The van der Waals surface area contributed by atoms with Gasteiger partial charge in [0, 0.05) is 27.5 Å². The smallest absolute Gasteiger partial charge is 0.335 e. The molecular weight excluding hydrogens is 402 g/mol. The van der Waals surface area contributed by atoms with Crippen LogP contribution in [0, 0.1) is 6.92 Å². The Morgan fingerprint density at radius 3 is 2.47 bits per heavy atom. The molecule has 2 N–H and O–H groups in total. The molecule has 0 aliphatic carbocycles. The Morgan fingerprint density at radius 2 is 1.81 bits per heavy atom. The summed E-state index contributed by atoms with van der Waals surface area (Å²) < 4.78 is 0. The van der Waals surface area contributed by atoms with E-state index >= 15 is 0 Å². The van der Waals surface area contributed by atoms with Gasteiger partial charge in [0.2, 0.25) is 0 Å². The van der Waals surface area contributed by atoms with Crippen molar-refractivity contribution in [2.45, 2.75) is 26.7 Å². The number of pyridine rings is 1. The highest BCUT2D eigenvalue weighted by molar-refractivity contribution is 6.07. The first kappa shape index (κ1) is 19.8. The van der Waals surface area contributed by atoms with Crippen molar-refractivity contribution >= 4 is 27.8 Å². The second-order valence-electron chi connectivity index (χ2n) is 8.15. The summed E-state index contributed by atoms with van der Waals surface area (Å²) in [4.78, 5) is 16.5. The predicted octanol–water partition coefficient (Wildman–Crippen LogP) is 5.37. The van der Waals surface area contributed by atoms with E-state index in [0.717, 1.165) is 55.3 Å². The van der Waals surface area contributed by atoms with Gasteiger partial charge in [-0.1, -0.05) is 26.0 Å². The van der Waals surface area contributed by atoms with Crippen LogP contribution >= 0.6 is 0 Å². The van der Waals surface area contributed by atoms with Crippen LogP contribution in [0.15, 0.2) is 55.0 Å². The number of carbonyl (C=O) groups is 1. The number of hydrogen-bond donors (Lipinski definition) is 2. The molecule has 0 saturated carbocycles. The van der Waals surface area contributed by atoms with Gasteiger partial charge in [0.1, 0.15) is 0 Å². The molecule has 0 saturated heterocycles. The number of aromatic amines is 1. The Hall–Kier alpha value is -4.13. The quantitative estimate of drug-likeness (QED) is 0.403. The lowest BCUT2D eigenvalue weighted by atomic mass is 9.86. The molecule has 32 heavy (non-hydrogen) atoms. The number of carboxylic acids is 1. The summed E-state index contributed by atoms with van der Waals surface area (Å²) in [5.74, 6) is -0.794. The van der Waals surface area contributed by atoms with Gasteiger partial charge in [0.25, 0.3) is 0 Å². The van der Waals surface area contributed by atoms with Gasteiger partial charge in [-0.25, -0.2) is 9.78 Å². The molecule has 0 unspecified atom stereocenters. The Morgan fingerprint density at radius 1 is 1.03 bits per heavy atom. The van der Waals surface area contributed by atoms with E-state index < -0.39 is 5.97 Å². The zero-order chi connectivity index (χ0) is 22.4. The fourth-order valence-corrected chi connectivity index (χ4v) is 4.32. The number of aromatic carboxylic acids is 1. The van der Waals surface area contributed by atoms with Crippen molar-refractivity contribution in [2.24, 2.45) is 0 Å². The lowest BCUT2D eigenvalue weighted by Gasteiger charge is -2.21. The summed E-state index contributed by atoms with van der Waals surface area (Å²) in [5.41, 5.74) is 7.88. The van der Waals surface area contributed by atoms with Crippen LogP contribution in [-0.4, -0.2) is 36.5 Å². The number of carboxylic acid groups (broad SMARTS) is 1. The van der Waals surface area contributed by atoms with Crippen LogP contribution in [0.2, 0.25) is 0 Å². The number of fused-ring (bicyclic) bond motifs is 2. The van der Waals surface area contributed by atoms with Gasteiger partial charge in [-0.3, -0.25) is 5.10 Å². The molecule has 158 valence electrons. The SMILES string of the molecule is Cc1c2nc(-c3ccc(C(=O)O)cc3)c(C(C)C)c(-c3ccnnc3)c2cc2cn[nH]c12. The zero-order valence-electron chi connectivity index (χ0n) is 17.9. The fraction of sp³-hybridized carbons (Fsp3) is 0.160. The topological polar surface area (TPSA) is 105 Å². The third-order valence-electron chi connectivity index (χ3n) is 5.83. The van der Waals surface area contributed by atoms with Gasteiger partial charge in [0.05, 0.1) is 40.9 Å². The number of aryl methyl sites for hydroxylation is 1. The van der Waals surface area contributed by atoms with Gasteiger partial charge in [-0.05, 0) is 48.2 Å². The van der Waals surface area contributed by atoms with Crippen LogP contribution in [0.1, 0.15) is 41.3 Å². The summed E-state index contributed by atoms with van der Waals surface area (Å²) in [7, 11) is 0. The summed E-state index contributed by atoms with van der Waals surface area (Å²) in [6, 6.07) is 11.0. The Balaban J connectivity index is 1.94.